The molecule has 0 saturated heterocycles. The Labute approximate surface area is 149 Å². The third-order valence-electron chi connectivity index (χ3n) is 3.66. The number of hydrogen-bond donors (Lipinski definition) is 0. The lowest BCUT2D eigenvalue weighted by atomic mass is 9.84. The maximum atomic E-state index is 12.9. The van der Waals surface area contributed by atoms with Crippen LogP contribution in [0.15, 0.2) is 12.2 Å². The van der Waals surface area contributed by atoms with Gasteiger partial charge in [0.15, 0.2) is 5.54 Å². The molecule has 2 atom stereocenters. The van der Waals surface area contributed by atoms with Crippen LogP contribution in [0.5, 0.6) is 0 Å². The number of carbonyl (C=O) groups is 3. The molecule has 0 bridgehead atoms. The predicted octanol–water partition coefficient (Wildman–Crippen LogP) is 2.68. The zero-order chi connectivity index (χ0) is 19.4. The van der Waals surface area contributed by atoms with Crippen LogP contribution in [-0.4, -0.2) is 53.3 Å². The van der Waals surface area contributed by atoms with Crippen molar-refractivity contribution in [3.05, 3.63) is 12.2 Å². The highest BCUT2D eigenvalue weighted by Crippen LogP contribution is 2.35. The van der Waals surface area contributed by atoms with E-state index in [1.165, 1.54) is 11.8 Å². The van der Waals surface area contributed by atoms with Gasteiger partial charge in [-0.1, -0.05) is 19.9 Å². The van der Waals surface area contributed by atoms with Crippen molar-refractivity contribution in [2.75, 3.05) is 13.2 Å². The van der Waals surface area contributed by atoms with E-state index in [0.717, 1.165) is 0 Å². The molecule has 1 aliphatic rings. The third kappa shape index (κ3) is 4.74. The normalized spacial score (nSPS) is 21.2. The summed E-state index contributed by atoms with van der Waals surface area (Å²) in [5, 5.41) is 0. The Balaban J connectivity index is 3.38. The maximum absolute atomic E-state index is 12.9. The molecule has 0 radical (unpaired) electrons. The molecule has 1 heterocycles. The van der Waals surface area contributed by atoms with E-state index < -0.39 is 35.3 Å². The number of nitrogens with zero attached hydrogens (tertiary/aromatic N) is 1. The van der Waals surface area contributed by atoms with Crippen molar-refractivity contribution < 1.29 is 28.6 Å². The number of rotatable bonds is 5. The van der Waals surface area contributed by atoms with Gasteiger partial charge in [0.05, 0.1) is 6.61 Å². The Morgan fingerprint density at radius 3 is 2.28 bits per heavy atom. The van der Waals surface area contributed by atoms with E-state index in [9.17, 15) is 14.4 Å². The van der Waals surface area contributed by atoms with E-state index in [1.807, 2.05) is 13.8 Å². The second-order valence-corrected chi connectivity index (χ2v) is 7.31. The fraction of sp³-hybridized carbons (Fsp3) is 0.722. The van der Waals surface area contributed by atoms with Crippen LogP contribution in [0.3, 0.4) is 0 Å². The van der Waals surface area contributed by atoms with Crippen LogP contribution in [-0.2, 0) is 23.8 Å². The second kappa shape index (κ2) is 7.89. The summed E-state index contributed by atoms with van der Waals surface area (Å²) in [5.74, 6) is -1.41. The predicted molar refractivity (Wildman–Crippen MR) is 91.8 cm³/mol. The van der Waals surface area contributed by atoms with Crippen LogP contribution in [0.1, 0.15) is 48.5 Å². The van der Waals surface area contributed by atoms with Gasteiger partial charge in [0.1, 0.15) is 11.7 Å². The highest BCUT2D eigenvalue weighted by Gasteiger charge is 2.57. The molecule has 0 aromatic carbocycles. The summed E-state index contributed by atoms with van der Waals surface area (Å²) in [6, 6.07) is 0. The molecule has 142 valence electrons. The first-order valence-electron chi connectivity index (χ1n) is 8.48. The SMILES string of the molecule is CCOC(=O)[C@@]1([C@@H](OC(C)=O)C(C)C)C=CCN1C(=O)OC(C)(C)C. The largest absolute Gasteiger partial charge is 0.464 e. The van der Waals surface area contributed by atoms with E-state index >= 15 is 0 Å². The molecule has 0 aromatic heterocycles. The van der Waals surface area contributed by atoms with Gasteiger partial charge < -0.3 is 14.2 Å². The number of esters is 2. The van der Waals surface area contributed by atoms with E-state index in [2.05, 4.69) is 0 Å². The van der Waals surface area contributed by atoms with Gasteiger partial charge in [-0.3, -0.25) is 9.69 Å². The molecule has 0 aliphatic carbocycles. The third-order valence-corrected chi connectivity index (χ3v) is 3.66. The molecule has 0 spiro atoms. The Bertz CT molecular complexity index is 548. The monoisotopic (exact) mass is 355 g/mol. The van der Waals surface area contributed by atoms with Gasteiger partial charge in [0.2, 0.25) is 0 Å². The quantitative estimate of drug-likeness (QED) is 0.428. The summed E-state index contributed by atoms with van der Waals surface area (Å²) >= 11 is 0. The van der Waals surface area contributed by atoms with Crippen LogP contribution < -0.4 is 0 Å². The minimum atomic E-state index is -1.54. The van der Waals surface area contributed by atoms with Crippen molar-refractivity contribution in [3.8, 4) is 0 Å². The Hall–Kier alpha value is -2.05. The molecule has 7 heteroatoms. The molecular weight excluding hydrogens is 326 g/mol. The molecule has 0 saturated carbocycles. The molecule has 7 nitrogen and oxygen atoms in total. The van der Waals surface area contributed by atoms with Crippen LogP contribution in [0.25, 0.3) is 0 Å². The van der Waals surface area contributed by atoms with Crippen molar-refractivity contribution in [3.63, 3.8) is 0 Å². The van der Waals surface area contributed by atoms with Crippen molar-refractivity contribution in [1.82, 2.24) is 4.90 Å². The number of hydrogen-bond acceptors (Lipinski definition) is 6. The van der Waals surface area contributed by atoms with Gasteiger partial charge in [-0.15, -0.1) is 0 Å². The topological polar surface area (TPSA) is 82.1 Å². The van der Waals surface area contributed by atoms with Crippen molar-refractivity contribution in [1.29, 1.82) is 0 Å². The van der Waals surface area contributed by atoms with Crippen LogP contribution in [0, 0.1) is 5.92 Å². The molecule has 0 fully saturated rings. The lowest BCUT2D eigenvalue weighted by molar-refractivity contribution is -0.172. The van der Waals surface area contributed by atoms with Gasteiger partial charge >= 0.3 is 18.0 Å². The Morgan fingerprint density at radius 1 is 1.24 bits per heavy atom. The Kier molecular flexibility index (Phi) is 6.62. The molecule has 0 unspecified atom stereocenters. The summed E-state index contributed by atoms with van der Waals surface area (Å²) in [6.45, 7) is 12.1. The first-order chi connectivity index (χ1) is 11.5. The first-order valence-corrected chi connectivity index (χ1v) is 8.48. The lowest BCUT2D eigenvalue weighted by Gasteiger charge is -2.42. The van der Waals surface area contributed by atoms with Crippen LogP contribution in [0.2, 0.25) is 0 Å². The second-order valence-electron chi connectivity index (χ2n) is 7.31. The average molecular weight is 355 g/mol. The molecular formula is C18H29NO6. The smallest absolute Gasteiger partial charge is 0.411 e. The zero-order valence-corrected chi connectivity index (χ0v) is 16.1. The van der Waals surface area contributed by atoms with Gasteiger partial charge in [-0.05, 0) is 39.7 Å². The summed E-state index contributed by atoms with van der Waals surface area (Å²) in [4.78, 5) is 38.5. The van der Waals surface area contributed by atoms with Gasteiger partial charge in [0.25, 0.3) is 0 Å². The lowest BCUT2D eigenvalue weighted by Crippen LogP contribution is -2.64. The van der Waals surface area contributed by atoms with E-state index in [0.29, 0.717) is 0 Å². The summed E-state index contributed by atoms with van der Waals surface area (Å²) in [7, 11) is 0. The van der Waals surface area contributed by atoms with Crippen molar-refractivity contribution in [2.45, 2.75) is 65.7 Å². The fourth-order valence-electron chi connectivity index (χ4n) is 2.82. The molecule has 0 N–H and O–H groups in total. The fourth-order valence-corrected chi connectivity index (χ4v) is 2.82. The minimum Gasteiger partial charge on any atom is -0.464 e. The van der Waals surface area contributed by atoms with Crippen molar-refractivity contribution >= 4 is 18.0 Å². The number of ether oxygens (including phenoxy) is 3. The first kappa shape index (κ1) is 21.0. The minimum absolute atomic E-state index is 0.140. The highest BCUT2D eigenvalue weighted by atomic mass is 16.6. The summed E-state index contributed by atoms with van der Waals surface area (Å²) < 4.78 is 16.1. The van der Waals surface area contributed by atoms with E-state index in [-0.39, 0.29) is 19.1 Å². The standard InChI is InChI=1S/C18H29NO6/c1-8-23-15(21)18(14(12(2)3)24-13(4)20)10-9-11-19(18)16(22)25-17(5,6)7/h9-10,12,14H,8,11H2,1-7H3/t14-,18-/m0/s1. The average Bonchev–Trinajstić information content (AvgIpc) is 2.88. The zero-order valence-electron chi connectivity index (χ0n) is 16.1. The summed E-state index contributed by atoms with van der Waals surface area (Å²) in [6.07, 6.45) is 1.70. The Morgan fingerprint density at radius 2 is 1.84 bits per heavy atom. The molecule has 1 rings (SSSR count). The van der Waals surface area contributed by atoms with Gasteiger partial charge in [-0.2, -0.15) is 0 Å². The molecule has 25 heavy (non-hydrogen) atoms. The molecule has 1 amide bonds. The van der Waals surface area contributed by atoms with E-state index in [4.69, 9.17) is 14.2 Å². The summed E-state index contributed by atoms with van der Waals surface area (Å²) in [5.41, 5.74) is -2.27. The molecule has 1 aliphatic heterocycles. The van der Waals surface area contributed by atoms with Gasteiger partial charge in [0, 0.05) is 13.5 Å². The maximum Gasteiger partial charge on any atom is 0.411 e. The molecule has 0 aromatic rings. The van der Waals surface area contributed by atoms with Crippen LogP contribution in [0.4, 0.5) is 4.79 Å². The number of amides is 1. The van der Waals surface area contributed by atoms with Crippen molar-refractivity contribution in [2.24, 2.45) is 5.92 Å². The number of carbonyl (C=O) groups excluding carboxylic acids is 3. The van der Waals surface area contributed by atoms with Gasteiger partial charge in [-0.25, -0.2) is 9.59 Å². The van der Waals surface area contributed by atoms with Crippen LogP contribution >= 0.6 is 0 Å². The highest BCUT2D eigenvalue weighted by molar-refractivity contribution is 5.90. The van der Waals surface area contributed by atoms with E-state index in [1.54, 1.807) is 39.8 Å².